The topological polar surface area (TPSA) is 64.9 Å². The number of benzene rings is 2. The third kappa shape index (κ3) is 3.98. The van der Waals surface area contributed by atoms with E-state index in [9.17, 15) is 13.2 Å². The van der Waals surface area contributed by atoms with Crippen LogP contribution in [-0.4, -0.2) is 26.1 Å². The lowest BCUT2D eigenvalue weighted by molar-refractivity contribution is -0.274. The quantitative estimate of drug-likeness (QED) is 0.524. The molecule has 4 aromatic rings. The number of aryl methyl sites for hydroxylation is 2. The first-order valence-corrected chi connectivity index (χ1v) is 8.70. The molecule has 0 fully saturated rings. The van der Waals surface area contributed by atoms with Gasteiger partial charge in [-0.05, 0) is 31.2 Å². The van der Waals surface area contributed by atoms with Gasteiger partial charge in [0, 0.05) is 18.3 Å². The minimum absolute atomic E-state index is 0.294. The van der Waals surface area contributed by atoms with E-state index >= 15 is 0 Å². The molecule has 0 bridgehead atoms. The molecule has 0 aliphatic heterocycles. The van der Waals surface area contributed by atoms with Crippen LogP contribution in [0.15, 0.2) is 54.6 Å². The van der Waals surface area contributed by atoms with Gasteiger partial charge in [-0.25, -0.2) is 9.97 Å². The zero-order valence-corrected chi connectivity index (χ0v) is 15.5. The van der Waals surface area contributed by atoms with Gasteiger partial charge in [-0.2, -0.15) is 5.10 Å². The van der Waals surface area contributed by atoms with Crippen molar-refractivity contribution in [2.75, 3.05) is 5.32 Å². The number of rotatable bonds is 4. The monoisotopic (exact) mass is 399 g/mol. The van der Waals surface area contributed by atoms with Crippen LogP contribution in [0.3, 0.4) is 0 Å². The minimum Gasteiger partial charge on any atom is -0.406 e. The molecule has 0 aliphatic carbocycles. The van der Waals surface area contributed by atoms with Crippen molar-refractivity contribution >= 4 is 22.5 Å². The third-order valence-corrected chi connectivity index (χ3v) is 4.23. The molecule has 0 unspecified atom stereocenters. The van der Waals surface area contributed by atoms with Crippen LogP contribution in [0.5, 0.6) is 5.75 Å². The van der Waals surface area contributed by atoms with Gasteiger partial charge >= 0.3 is 6.36 Å². The number of anilines is 2. The third-order valence-electron chi connectivity index (χ3n) is 4.23. The molecule has 2 aromatic heterocycles. The minimum atomic E-state index is -4.73. The first kappa shape index (κ1) is 18.7. The highest BCUT2D eigenvalue weighted by Crippen LogP contribution is 2.30. The van der Waals surface area contributed by atoms with Gasteiger partial charge in [0.1, 0.15) is 16.8 Å². The van der Waals surface area contributed by atoms with Crippen LogP contribution in [0, 0.1) is 6.92 Å². The van der Waals surface area contributed by atoms with Crippen molar-refractivity contribution in [3.05, 3.63) is 60.3 Å². The second kappa shape index (κ2) is 7.08. The van der Waals surface area contributed by atoms with E-state index in [1.165, 1.54) is 24.3 Å². The van der Waals surface area contributed by atoms with Crippen molar-refractivity contribution in [1.29, 1.82) is 0 Å². The number of nitrogens with one attached hydrogen (secondary N) is 1. The highest BCUT2D eigenvalue weighted by molar-refractivity contribution is 5.91. The Morgan fingerprint density at radius 1 is 0.966 bits per heavy atom. The number of aromatic nitrogens is 4. The van der Waals surface area contributed by atoms with Crippen LogP contribution in [0.25, 0.3) is 22.4 Å². The van der Waals surface area contributed by atoms with E-state index in [1.807, 2.05) is 37.3 Å². The average molecular weight is 399 g/mol. The van der Waals surface area contributed by atoms with Gasteiger partial charge in [-0.15, -0.1) is 13.2 Å². The molecule has 4 rings (SSSR count). The first-order chi connectivity index (χ1) is 13.8. The average Bonchev–Trinajstić information content (AvgIpc) is 2.97. The normalized spacial score (nSPS) is 11.6. The zero-order chi connectivity index (χ0) is 20.6. The summed E-state index contributed by atoms with van der Waals surface area (Å²) in [5.74, 6) is 0.729. The van der Waals surface area contributed by atoms with Crippen molar-refractivity contribution in [3.63, 3.8) is 0 Å². The summed E-state index contributed by atoms with van der Waals surface area (Å²) in [7, 11) is 1.78. The molecule has 2 aromatic carbocycles. The second-order valence-corrected chi connectivity index (χ2v) is 6.37. The van der Waals surface area contributed by atoms with Crippen molar-refractivity contribution < 1.29 is 17.9 Å². The van der Waals surface area contributed by atoms with Gasteiger partial charge < -0.3 is 10.1 Å². The summed E-state index contributed by atoms with van der Waals surface area (Å²) in [6.07, 6.45) is -4.73. The van der Waals surface area contributed by atoms with Crippen LogP contribution in [0.4, 0.5) is 24.7 Å². The maximum atomic E-state index is 12.4. The molecule has 29 heavy (non-hydrogen) atoms. The number of fused-ring (bicyclic) bond motifs is 1. The fourth-order valence-corrected chi connectivity index (χ4v) is 3.02. The number of ether oxygens (including phenoxy) is 1. The lowest BCUT2D eigenvalue weighted by Gasteiger charge is -2.12. The van der Waals surface area contributed by atoms with Crippen LogP contribution in [0.2, 0.25) is 0 Å². The molecule has 9 heteroatoms. The molecule has 2 heterocycles. The molecule has 1 N–H and O–H groups in total. The summed E-state index contributed by atoms with van der Waals surface area (Å²) in [4.78, 5) is 9.27. The fourth-order valence-electron chi connectivity index (χ4n) is 3.02. The molecule has 0 saturated carbocycles. The molecular formula is C20H16F3N5O. The fraction of sp³-hybridized carbons (Fsp3) is 0.150. The molecule has 0 spiro atoms. The summed E-state index contributed by atoms with van der Waals surface area (Å²) in [5.41, 5.74) is 3.53. The summed E-state index contributed by atoms with van der Waals surface area (Å²) < 4.78 is 42.6. The largest absolute Gasteiger partial charge is 0.573 e. The van der Waals surface area contributed by atoms with E-state index in [4.69, 9.17) is 0 Å². The predicted molar refractivity (Wildman–Crippen MR) is 103 cm³/mol. The highest BCUT2D eigenvalue weighted by atomic mass is 19.4. The van der Waals surface area contributed by atoms with Gasteiger partial charge in [0.2, 0.25) is 0 Å². The lowest BCUT2D eigenvalue weighted by atomic mass is 10.2. The van der Waals surface area contributed by atoms with Crippen molar-refractivity contribution in [3.8, 4) is 17.1 Å². The van der Waals surface area contributed by atoms with E-state index < -0.39 is 6.36 Å². The number of halogens is 3. The van der Waals surface area contributed by atoms with E-state index in [2.05, 4.69) is 25.1 Å². The van der Waals surface area contributed by atoms with E-state index in [-0.39, 0.29) is 5.75 Å². The Kier molecular flexibility index (Phi) is 4.57. The molecule has 0 amide bonds. The van der Waals surface area contributed by atoms with Gasteiger partial charge in [0.25, 0.3) is 0 Å². The molecule has 0 saturated heterocycles. The Bertz CT molecular complexity index is 1150. The van der Waals surface area contributed by atoms with Crippen LogP contribution in [-0.2, 0) is 7.05 Å². The van der Waals surface area contributed by atoms with Crippen LogP contribution < -0.4 is 10.1 Å². The van der Waals surface area contributed by atoms with E-state index in [0.29, 0.717) is 28.4 Å². The summed E-state index contributed by atoms with van der Waals surface area (Å²) in [6.45, 7) is 1.86. The van der Waals surface area contributed by atoms with Crippen LogP contribution in [0.1, 0.15) is 5.69 Å². The molecule has 0 aliphatic rings. The predicted octanol–water partition coefficient (Wildman–Crippen LogP) is 4.98. The maximum Gasteiger partial charge on any atom is 0.573 e. The van der Waals surface area contributed by atoms with Gasteiger partial charge in [0.15, 0.2) is 11.6 Å². The van der Waals surface area contributed by atoms with Gasteiger partial charge in [-0.3, -0.25) is 4.68 Å². The zero-order valence-electron chi connectivity index (χ0n) is 15.5. The molecular weight excluding hydrogens is 383 g/mol. The van der Waals surface area contributed by atoms with Gasteiger partial charge in [-0.1, -0.05) is 30.3 Å². The Balaban J connectivity index is 1.74. The summed E-state index contributed by atoms with van der Waals surface area (Å²) >= 11 is 0. The summed E-state index contributed by atoms with van der Waals surface area (Å²) in [6, 6.07) is 14.9. The van der Waals surface area contributed by atoms with Crippen LogP contribution >= 0.6 is 0 Å². The maximum absolute atomic E-state index is 12.4. The van der Waals surface area contributed by atoms with Crippen molar-refractivity contribution in [2.45, 2.75) is 13.3 Å². The van der Waals surface area contributed by atoms with E-state index in [1.54, 1.807) is 11.7 Å². The molecule has 0 atom stereocenters. The Morgan fingerprint density at radius 3 is 2.31 bits per heavy atom. The number of alkyl halides is 3. The van der Waals surface area contributed by atoms with Crippen molar-refractivity contribution in [1.82, 2.24) is 19.7 Å². The molecule has 0 radical (unpaired) electrons. The molecule has 148 valence electrons. The smallest absolute Gasteiger partial charge is 0.406 e. The van der Waals surface area contributed by atoms with Gasteiger partial charge in [0.05, 0.1) is 5.69 Å². The SMILES string of the molecule is Cc1nn(C)c2c(Nc3ccc(OC(F)(F)F)cc3)nc(-c3ccccc3)nc12. The van der Waals surface area contributed by atoms with E-state index in [0.717, 1.165) is 11.3 Å². The number of hydrogen-bond acceptors (Lipinski definition) is 5. The Morgan fingerprint density at radius 2 is 1.66 bits per heavy atom. The second-order valence-electron chi connectivity index (χ2n) is 6.37. The first-order valence-electron chi connectivity index (χ1n) is 8.70. The molecule has 6 nitrogen and oxygen atoms in total. The highest BCUT2D eigenvalue weighted by Gasteiger charge is 2.31. The summed E-state index contributed by atoms with van der Waals surface area (Å²) in [5, 5.41) is 7.56. The lowest BCUT2D eigenvalue weighted by Crippen LogP contribution is -2.17. The number of nitrogens with zero attached hydrogens (tertiary/aromatic N) is 4. The number of hydrogen-bond donors (Lipinski definition) is 1. The Hall–Kier alpha value is -3.62. The standard InChI is InChI=1S/C20H16F3N5O/c1-12-16-17(28(2)27-12)19(26-18(25-16)13-6-4-3-5-7-13)24-14-8-10-15(11-9-14)29-20(21,22)23/h3-11H,1-2H3,(H,24,25,26). The van der Waals surface area contributed by atoms with Crippen molar-refractivity contribution in [2.24, 2.45) is 7.05 Å². The Labute approximate surface area is 164 Å².